The minimum absolute atomic E-state index is 0.205. The minimum atomic E-state index is 0.205. The van der Waals surface area contributed by atoms with Gasteiger partial charge in [0, 0.05) is 18.1 Å². The number of aromatic amines is 1. The Labute approximate surface area is 96.3 Å². The lowest BCUT2D eigenvalue weighted by Gasteiger charge is -2.05. The maximum Gasteiger partial charge on any atom is 0.173 e. The zero-order valence-corrected chi connectivity index (χ0v) is 9.50. The summed E-state index contributed by atoms with van der Waals surface area (Å²) in [5.74, 6) is 1.64. The smallest absolute Gasteiger partial charge is 0.173 e. The lowest BCUT2D eigenvalue weighted by molar-refractivity contribution is 0.322. The maximum atomic E-state index is 8.66. The minimum Gasteiger partial charge on any atom is -0.396 e. The third-order valence-corrected chi connectivity index (χ3v) is 3.11. The van der Waals surface area contributed by atoms with Crippen LogP contribution in [0.4, 0.5) is 0 Å². The molecule has 0 unspecified atom stereocenters. The van der Waals surface area contributed by atoms with Crippen molar-refractivity contribution >= 4 is 22.9 Å². The van der Waals surface area contributed by atoms with Gasteiger partial charge in [-0.15, -0.1) is 0 Å². The Hall–Kier alpha value is -1.34. The van der Waals surface area contributed by atoms with E-state index in [2.05, 4.69) is 15.0 Å². The highest BCUT2D eigenvalue weighted by atomic mass is 32.2. The van der Waals surface area contributed by atoms with E-state index in [0.717, 1.165) is 23.7 Å². The van der Waals surface area contributed by atoms with Crippen LogP contribution >= 0.6 is 11.8 Å². The van der Waals surface area contributed by atoms with E-state index in [0.29, 0.717) is 5.52 Å². The predicted molar refractivity (Wildman–Crippen MR) is 62.1 cm³/mol. The van der Waals surface area contributed by atoms with Crippen LogP contribution in [0.3, 0.4) is 0 Å². The van der Waals surface area contributed by atoms with Crippen molar-refractivity contribution in [1.82, 2.24) is 19.5 Å². The van der Waals surface area contributed by atoms with Crippen LogP contribution in [0.2, 0.25) is 0 Å². The third-order valence-electron chi connectivity index (χ3n) is 2.17. The number of nitrogens with zero attached hydrogens (tertiary/aromatic N) is 3. The van der Waals surface area contributed by atoms with Crippen molar-refractivity contribution in [1.29, 1.82) is 5.41 Å². The molecule has 16 heavy (non-hydrogen) atoms. The summed E-state index contributed by atoms with van der Waals surface area (Å²) in [6, 6.07) is 0. The number of fused-ring (bicyclic) bond motifs is 1. The third kappa shape index (κ3) is 2.25. The Morgan fingerprint density at radius 3 is 3.12 bits per heavy atom. The lowest BCUT2D eigenvalue weighted by atomic mass is 10.5. The average molecular weight is 239 g/mol. The van der Waals surface area contributed by atoms with E-state index in [1.54, 1.807) is 24.4 Å². The quantitative estimate of drug-likeness (QED) is 0.639. The predicted octanol–water partition coefficient (Wildman–Crippen LogP) is -0.0356. The number of aliphatic hydroxyl groups is 1. The van der Waals surface area contributed by atoms with Gasteiger partial charge in [0.2, 0.25) is 0 Å². The first-order chi connectivity index (χ1) is 7.83. The molecule has 2 aromatic heterocycles. The summed E-state index contributed by atoms with van der Waals surface area (Å²) in [5, 5.41) is 16.2. The zero-order valence-electron chi connectivity index (χ0n) is 8.68. The summed E-state index contributed by atoms with van der Waals surface area (Å²) < 4.78 is 1.91. The first kappa shape index (κ1) is 11.2. The molecule has 7 heteroatoms. The van der Waals surface area contributed by atoms with E-state index in [1.165, 1.54) is 0 Å². The van der Waals surface area contributed by atoms with E-state index in [9.17, 15) is 0 Å². The standard InChI is InChI=1S/C9H13N5OS/c10-8-7-9(12-5-11-7)14(6-13-8)1-3-16-4-2-15/h5-6,10,15H,1-4H2,(H,11,12). The van der Waals surface area contributed by atoms with Crippen LogP contribution < -0.4 is 5.49 Å². The summed E-state index contributed by atoms with van der Waals surface area (Å²) in [6.45, 7) is 0.982. The molecule has 0 spiro atoms. The van der Waals surface area contributed by atoms with Gasteiger partial charge in [-0.25, -0.2) is 9.97 Å². The van der Waals surface area contributed by atoms with Gasteiger partial charge in [-0.3, -0.25) is 5.41 Å². The number of aryl methyl sites for hydroxylation is 1. The van der Waals surface area contributed by atoms with Gasteiger partial charge in [0.25, 0.3) is 0 Å². The van der Waals surface area contributed by atoms with Gasteiger partial charge in [0.05, 0.1) is 19.3 Å². The van der Waals surface area contributed by atoms with Crippen molar-refractivity contribution in [2.75, 3.05) is 18.1 Å². The highest BCUT2D eigenvalue weighted by Gasteiger charge is 2.03. The van der Waals surface area contributed by atoms with Crippen LogP contribution in [-0.2, 0) is 6.54 Å². The molecule has 86 valence electrons. The molecule has 2 rings (SSSR count). The highest BCUT2D eigenvalue weighted by Crippen LogP contribution is 2.05. The molecule has 0 saturated carbocycles. The lowest BCUT2D eigenvalue weighted by Crippen LogP contribution is -2.13. The van der Waals surface area contributed by atoms with Crippen molar-refractivity contribution in [2.45, 2.75) is 6.54 Å². The highest BCUT2D eigenvalue weighted by molar-refractivity contribution is 7.99. The second-order valence-corrected chi connectivity index (χ2v) is 4.45. The zero-order chi connectivity index (χ0) is 11.4. The topological polar surface area (TPSA) is 90.6 Å². The molecule has 0 fully saturated rings. The van der Waals surface area contributed by atoms with E-state index < -0.39 is 0 Å². The molecule has 2 heterocycles. The van der Waals surface area contributed by atoms with Crippen molar-refractivity contribution in [3.05, 3.63) is 18.1 Å². The summed E-state index contributed by atoms with van der Waals surface area (Å²) >= 11 is 1.68. The SMILES string of the molecule is N=c1ncn(CCSCCO)c2nc[nH]c12. The number of rotatable bonds is 5. The number of aliphatic hydroxyl groups excluding tert-OH is 1. The Bertz CT molecular complexity index is 520. The van der Waals surface area contributed by atoms with Crippen LogP contribution in [0.25, 0.3) is 11.2 Å². The molecule has 0 saturated heterocycles. The first-order valence-corrected chi connectivity index (χ1v) is 6.10. The number of imidazole rings is 1. The average Bonchev–Trinajstić information content (AvgIpc) is 2.77. The fourth-order valence-corrected chi connectivity index (χ4v) is 2.08. The summed E-state index contributed by atoms with van der Waals surface area (Å²) in [4.78, 5) is 11.0. The number of thioether (sulfide) groups is 1. The van der Waals surface area contributed by atoms with Crippen molar-refractivity contribution in [3.8, 4) is 0 Å². The van der Waals surface area contributed by atoms with Crippen LogP contribution in [-0.4, -0.2) is 42.7 Å². The van der Waals surface area contributed by atoms with Crippen LogP contribution in [0.15, 0.2) is 12.7 Å². The molecule has 0 aromatic carbocycles. The first-order valence-electron chi connectivity index (χ1n) is 4.94. The van der Waals surface area contributed by atoms with Gasteiger partial charge >= 0.3 is 0 Å². The van der Waals surface area contributed by atoms with Crippen LogP contribution in [0.5, 0.6) is 0 Å². The Balaban J connectivity index is 2.15. The van der Waals surface area contributed by atoms with Gasteiger partial charge in [-0.05, 0) is 0 Å². The number of H-pyrrole nitrogens is 1. The molecule has 0 bridgehead atoms. The monoisotopic (exact) mass is 239 g/mol. The van der Waals surface area contributed by atoms with Crippen molar-refractivity contribution in [2.24, 2.45) is 0 Å². The number of nitrogens with one attached hydrogen (secondary N) is 2. The molecule has 0 atom stereocenters. The molecule has 0 aliphatic heterocycles. The number of hydrogen-bond donors (Lipinski definition) is 3. The van der Waals surface area contributed by atoms with E-state index >= 15 is 0 Å². The molecule has 2 aromatic rings. The molecule has 0 radical (unpaired) electrons. The summed E-state index contributed by atoms with van der Waals surface area (Å²) in [7, 11) is 0. The normalized spacial score (nSPS) is 11.1. The van der Waals surface area contributed by atoms with Crippen molar-refractivity contribution in [3.63, 3.8) is 0 Å². The molecular weight excluding hydrogens is 226 g/mol. The maximum absolute atomic E-state index is 8.66. The molecule has 6 nitrogen and oxygen atoms in total. The van der Waals surface area contributed by atoms with Gasteiger partial charge in [0.1, 0.15) is 5.52 Å². The Kier molecular flexibility index (Phi) is 3.58. The van der Waals surface area contributed by atoms with Gasteiger partial charge in [-0.2, -0.15) is 11.8 Å². The summed E-state index contributed by atoms with van der Waals surface area (Å²) in [6.07, 6.45) is 3.20. The molecule has 0 amide bonds. The number of hydrogen-bond acceptors (Lipinski definition) is 5. The van der Waals surface area contributed by atoms with Gasteiger partial charge in [-0.1, -0.05) is 0 Å². The van der Waals surface area contributed by atoms with Gasteiger partial charge in [0.15, 0.2) is 11.1 Å². The number of aromatic nitrogens is 4. The Morgan fingerprint density at radius 2 is 2.31 bits per heavy atom. The van der Waals surface area contributed by atoms with E-state index in [1.807, 2.05) is 4.57 Å². The summed E-state index contributed by atoms with van der Waals surface area (Å²) in [5.41, 5.74) is 1.63. The molecular formula is C9H13N5OS. The van der Waals surface area contributed by atoms with Crippen LogP contribution in [0.1, 0.15) is 0 Å². The molecule has 0 aliphatic rings. The Morgan fingerprint density at radius 1 is 1.44 bits per heavy atom. The van der Waals surface area contributed by atoms with E-state index in [4.69, 9.17) is 10.5 Å². The fraction of sp³-hybridized carbons (Fsp3) is 0.444. The molecule has 3 N–H and O–H groups in total. The van der Waals surface area contributed by atoms with Crippen molar-refractivity contribution < 1.29 is 5.11 Å². The fourth-order valence-electron chi connectivity index (χ4n) is 1.42. The molecule has 0 aliphatic carbocycles. The van der Waals surface area contributed by atoms with Gasteiger partial charge < -0.3 is 14.7 Å². The van der Waals surface area contributed by atoms with E-state index in [-0.39, 0.29) is 12.1 Å². The second-order valence-electron chi connectivity index (χ2n) is 3.22. The van der Waals surface area contributed by atoms with Crippen LogP contribution in [0, 0.1) is 5.41 Å². The largest absolute Gasteiger partial charge is 0.396 e. The second kappa shape index (κ2) is 5.13.